The molecule has 0 aromatic rings. The van der Waals surface area contributed by atoms with Gasteiger partial charge in [0.25, 0.3) is 0 Å². The summed E-state index contributed by atoms with van der Waals surface area (Å²) in [6.45, 7) is 8.83. The van der Waals surface area contributed by atoms with Crippen molar-refractivity contribution in [2.24, 2.45) is 16.7 Å². The first-order valence-electron chi connectivity index (χ1n) is 6.09. The summed E-state index contributed by atoms with van der Waals surface area (Å²) in [7, 11) is 0. The molecule has 2 aliphatic rings. The molecule has 1 heteroatoms. The Bertz CT molecular complexity index is 324. The van der Waals surface area contributed by atoms with Crippen LogP contribution in [-0.2, 0) is 4.79 Å². The van der Waals surface area contributed by atoms with Crippen LogP contribution in [0.25, 0.3) is 0 Å². The molecule has 2 atom stereocenters. The molecule has 0 spiro atoms. The van der Waals surface area contributed by atoms with Crippen LogP contribution in [0.1, 0.15) is 53.4 Å². The van der Waals surface area contributed by atoms with E-state index in [4.69, 9.17) is 0 Å². The van der Waals surface area contributed by atoms with Crippen molar-refractivity contribution in [1.82, 2.24) is 0 Å². The van der Waals surface area contributed by atoms with Crippen molar-refractivity contribution < 1.29 is 4.79 Å². The molecule has 15 heavy (non-hydrogen) atoms. The molecule has 2 rings (SSSR count). The Morgan fingerprint density at radius 2 is 1.93 bits per heavy atom. The molecule has 2 aliphatic carbocycles. The van der Waals surface area contributed by atoms with Gasteiger partial charge < -0.3 is 0 Å². The Labute approximate surface area is 92.9 Å². The molecule has 1 nitrogen and oxygen atoms in total. The number of fused-ring (bicyclic) bond motifs is 1. The Morgan fingerprint density at radius 1 is 1.27 bits per heavy atom. The number of carbonyl (C=O) groups excluding carboxylic acids is 1. The third kappa shape index (κ3) is 1.47. The fraction of sp³-hybridized carbons (Fsp3) is 0.786. The summed E-state index contributed by atoms with van der Waals surface area (Å²) in [6, 6.07) is 0. The third-order valence-electron chi connectivity index (χ3n) is 4.77. The van der Waals surface area contributed by atoms with Crippen LogP contribution in [0.4, 0.5) is 0 Å². The van der Waals surface area contributed by atoms with Crippen molar-refractivity contribution in [3.8, 4) is 0 Å². The predicted molar refractivity (Wildman–Crippen MR) is 62.6 cm³/mol. The summed E-state index contributed by atoms with van der Waals surface area (Å²) in [5.41, 5.74) is 1.26. The van der Waals surface area contributed by atoms with E-state index in [1.54, 1.807) is 0 Å². The van der Waals surface area contributed by atoms with Gasteiger partial charge in [0.1, 0.15) is 0 Å². The van der Waals surface area contributed by atoms with E-state index in [0.29, 0.717) is 17.1 Å². The molecule has 0 unspecified atom stereocenters. The van der Waals surface area contributed by atoms with Gasteiger partial charge in [0.15, 0.2) is 5.78 Å². The lowest BCUT2D eigenvalue weighted by Gasteiger charge is -2.51. The monoisotopic (exact) mass is 206 g/mol. The van der Waals surface area contributed by atoms with Gasteiger partial charge in [0, 0.05) is 5.41 Å². The van der Waals surface area contributed by atoms with Crippen LogP contribution in [-0.4, -0.2) is 5.78 Å². The average molecular weight is 206 g/mol. The van der Waals surface area contributed by atoms with E-state index in [2.05, 4.69) is 26.8 Å². The first-order valence-corrected chi connectivity index (χ1v) is 6.09. The highest BCUT2D eigenvalue weighted by Crippen LogP contribution is 2.55. The van der Waals surface area contributed by atoms with Gasteiger partial charge in [-0.1, -0.05) is 33.3 Å². The van der Waals surface area contributed by atoms with Crippen molar-refractivity contribution in [3.63, 3.8) is 0 Å². The lowest BCUT2D eigenvalue weighted by molar-refractivity contribution is -0.135. The van der Waals surface area contributed by atoms with E-state index in [0.717, 1.165) is 18.4 Å². The van der Waals surface area contributed by atoms with Crippen molar-refractivity contribution in [2.75, 3.05) is 0 Å². The first-order chi connectivity index (χ1) is 6.88. The van der Waals surface area contributed by atoms with E-state index in [-0.39, 0.29) is 5.41 Å². The molecule has 1 saturated carbocycles. The Balaban J connectivity index is 2.42. The van der Waals surface area contributed by atoms with Gasteiger partial charge in [-0.2, -0.15) is 0 Å². The second-order valence-electron chi connectivity index (χ2n) is 6.26. The van der Waals surface area contributed by atoms with E-state index >= 15 is 0 Å². The quantitative estimate of drug-likeness (QED) is 0.590. The minimum atomic E-state index is -0.0689. The maximum absolute atomic E-state index is 12.3. The van der Waals surface area contributed by atoms with Crippen LogP contribution in [0.15, 0.2) is 11.6 Å². The van der Waals surface area contributed by atoms with E-state index < -0.39 is 0 Å². The highest BCUT2D eigenvalue weighted by Gasteiger charge is 2.51. The van der Waals surface area contributed by atoms with Crippen molar-refractivity contribution >= 4 is 5.78 Å². The molecule has 0 amide bonds. The van der Waals surface area contributed by atoms with Crippen molar-refractivity contribution in [2.45, 2.75) is 53.4 Å². The Hall–Kier alpha value is -0.590. The summed E-state index contributed by atoms with van der Waals surface area (Å²) >= 11 is 0. The molecule has 0 bridgehead atoms. The van der Waals surface area contributed by atoms with Gasteiger partial charge in [-0.3, -0.25) is 4.79 Å². The second kappa shape index (κ2) is 3.20. The van der Waals surface area contributed by atoms with Gasteiger partial charge >= 0.3 is 0 Å². The lowest BCUT2D eigenvalue weighted by Crippen LogP contribution is -2.48. The normalized spacial score (nSPS) is 39.6. The molecule has 84 valence electrons. The van der Waals surface area contributed by atoms with E-state index in [1.165, 1.54) is 12.8 Å². The van der Waals surface area contributed by atoms with Gasteiger partial charge in [0.2, 0.25) is 0 Å². The largest absolute Gasteiger partial charge is 0.294 e. The van der Waals surface area contributed by atoms with Crippen molar-refractivity contribution in [3.05, 3.63) is 11.6 Å². The summed E-state index contributed by atoms with van der Waals surface area (Å²) in [5.74, 6) is 0.960. The molecular weight excluding hydrogens is 184 g/mol. The molecule has 0 saturated heterocycles. The first kappa shape index (κ1) is 10.9. The van der Waals surface area contributed by atoms with Crippen LogP contribution in [0.3, 0.4) is 0 Å². The van der Waals surface area contributed by atoms with E-state index in [9.17, 15) is 4.79 Å². The number of hydrogen-bond acceptors (Lipinski definition) is 1. The summed E-state index contributed by atoms with van der Waals surface area (Å²) in [4.78, 5) is 12.3. The Morgan fingerprint density at radius 3 is 2.60 bits per heavy atom. The Kier molecular flexibility index (Phi) is 2.33. The molecule has 0 heterocycles. The SMILES string of the molecule is CC1=CC[C@H]2C(C)(C)CCC[C@]2(C)C1=O. The van der Waals surface area contributed by atoms with E-state index in [1.807, 2.05) is 6.92 Å². The zero-order valence-corrected chi connectivity index (χ0v) is 10.4. The van der Waals surface area contributed by atoms with Crippen LogP contribution in [0, 0.1) is 16.7 Å². The highest BCUT2D eigenvalue weighted by molar-refractivity contribution is 6.00. The molecule has 0 N–H and O–H groups in total. The smallest absolute Gasteiger partial charge is 0.164 e. The number of hydrogen-bond donors (Lipinski definition) is 0. The number of allylic oxidation sites excluding steroid dienone is 2. The number of ketones is 1. The maximum Gasteiger partial charge on any atom is 0.164 e. The minimum absolute atomic E-state index is 0.0689. The molecule has 0 aromatic heterocycles. The second-order valence-corrected chi connectivity index (χ2v) is 6.26. The van der Waals surface area contributed by atoms with Gasteiger partial charge in [-0.15, -0.1) is 0 Å². The summed E-state index contributed by atoms with van der Waals surface area (Å²) in [5, 5.41) is 0. The maximum atomic E-state index is 12.3. The number of rotatable bonds is 0. The van der Waals surface area contributed by atoms with Crippen molar-refractivity contribution in [1.29, 1.82) is 0 Å². The summed E-state index contributed by atoms with van der Waals surface area (Å²) in [6.07, 6.45) is 6.82. The molecule has 1 fully saturated rings. The lowest BCUT2D eigenvalue weighted by atomic mass is 9.52. The summed E-state index contributed by atoms with van der Waals surface area (Å²) < 4.78 is 0. The highest BCUT2D eigenvalue weighted by atomic mass is 16.1. The van der Waals surface area contributed by atoms with Gasteiger partial charge in [-0.05, 0) is 43.1 Å². The molecular formula is C14H22O. The molecule has 0 aromatic carbocycles. The zero-order chi connectivity index (χ0) is 11.3. The van der Waals surface area contributed by atoms with Crippen LogP contribution >= 0.6 is 0 Å². The van der Waals surface area contributed by atoms with Gasteiger partial charge in [0.05, 0.1) is 0 Å². The van der Waals surface area contributed by atoms with Crippen LogP contribution in [0.5, 0.6) is 0 Å². The molecule has 0 radical (unpaired) electrons. The topological polar surface area (TPSA) is 17.1 Å². The fourth-order valence-corrected chi connectivity index (χ4v) is 3.81. The number of carbonyl (C=O) groups is 1. The minimum Gasteiger partial charge on any atom is -0.294 e. The standard InChI is InChI=1S/C14H22O/c1-10-6-7-11-13(2,3)8-5-9-14(11,4)12(10)15/h6,11H,5,7-9H2,1-4H3/t11-,14-/m0/s1. The van der Waals surface area contributed by atoms with Crippen LogP contribution in [0.2, 0.25) is 0 Å². The fourth-order valence-electron chi connectivity index (χ4n) is 3.81. The average Bonchev–Trinajstić information content (AvgIpc) is 2.12. The number of Topliss-reactive ketones (excluding diaryl/α,β-unsaturated/α-hetero) is 1. The zero-order valence-electron chi connectivity index (χ0n) is 10.4. The third-order valence-corrected chi connectivity index (χ3v) is 4.77. The predicted octanol–water partition coefficient (Wildman–Crippen LogP) is 3.74. The van der Waals surface area contributed by atoms with Crippen LogP contribution < -0.4 is 0 Å². The van der Waals surface area contributed by atoms with Gasteiger partial charge in [-0.25, -0.2) is 0 Å². The molecule has 0 aliphatic heterocycles.